The average molecular weight is 2010 g/mol. The van der Waals surface area contributed by atoms with E-state index < -0.39 is 0 Å². The summed E-state index contributed by atoms with van der Waals surface area (Å²) in [5.74, 6) is 7.03. The molecule has 0 fully saturated rings. The van der Waals surface area contributed by atoms with Gasteiger partial charge in [0.2, 0.25) is 0 Å². The van der Waals surface area contributed by atoms with Crippen molar-refractivity contribution in [2.24, 2.45) is 0 Å². The van der Waals surface area contributed by atoms with Gasteiger partial charge in [-0.05, 0) is 163 Å². The predicted octanol–water partition coefficient (Wildman–Crippen LogP) is 31.2. The Balaban J connectivity index is 0.000000101. The lowest BCUT2D eigenvalue weighted by Gasteiger charge is -2.09. The fourth-order valence-corrected chi connectivity index (χ4v) is 21.6. The quantitative estimate of drug-likeness (QED) is 0.0340. The predicted molar refractivity (Wildman–Crippen MR) is 601 cm³/mol. The monoisotopic (exact) mass is 2000 g/mol. The van der Waals surface area contributed by atoms with Crippen LogP contribution in [0.3, 0.4) is 0 Å². The maximum absolute atomic E-state index is 5.89. The number of nitrogens with one attached hydrogen (secondary N) is 10. The number of hydrogen-bond donors (Lipinski definition) is 11. The molecule has 0 amide bonds. The number of halogens is 1. The van der Waals surface area contributed by atoms with E-state index >= 15 is 0 Å². The summed E-state index contributed by atoms with van der Waals surface area (Å²) in [6, 6.07) is 116. The number of ether oxygens (including phenoxy) is 4. The number of rotatable bonds is 19. The van der Waals surface area contributed by atoms with Crippen molar-refractivity contribution in [3.63, 3.8) is 0 Å². The third kappa shape index (κ3) is 17.9. The summed E-state index contributed by atoms with van der Waals surface area (Å²) in [5.41, 5.74) is 43.5. The van der Waals surface area contributed by atoms with Crippen LogP contribution in [0.5, 0.6) is 23.0 Å². The fourth-order valence-electron chi connectivity index (χ4n) is 19.8. The van der Waals surface area contributed by atoms with Crippen LogP contribution < -0.4 is 24.7 Å². The first kappa shape index (κ1) is 91.7. The van der Waals surface area contributed by atoms with E-state index in [0.717, 1.165) is 231 Å². The van der Waals surface area contributed by atoms with Gasteiger partial charge < -0.3 is 74.5 Å². The van der Waals surface area contributed by atoms with Gasteiger partial charge in [-0.2, -0.15) is 0 Å². The van der Waals surface area contributed by atoms with Crippen LogP contribution in [0, 0.1) is 13.8 Å². The summed E-state index contributed by atoms with van der Waals surface area (Å²) in [7, 11) is 6.56. The molecule has 712 valence electrons. The van der Waals surface area contributed by atoms with Gasteiger partial charge in [-0.25, -0.2) is 24.9 Å². The van der Waals surface area contributed by atoms with Crippen molar-refractivity contribution in [1.29, 1.82) is 0 Å². The number of nitrogens with zero attached hydrogens (tertiary/aromatic N) is 5. The number of para-hydroxylation sites is 4. The Morgan fingerprint density at radius 2 is 0.658 bits per heavy atom. The molecule has 2 aliphatic rings. The SMILES string of the molecule is Brc1ccc2[nH]cc(-c3nc(C4=CCc5ccccc54)c(C4=CCc5ccccc54)[nH]3)c2c1.COc1ccc(-c2nc(-c3c(C)[nH]c4ccccc34)[nH]c2-c2ccccc2)cc1OC.COc1ccc(-c2nc(-c3c[nH]c4ccccc34)[nH]c2-c2ccccc2)cc1OC.Cc1[nH]c2ccccc2c1-c1nc(-c2ccccc2)c(-c2ccc(N)cc2)[nH]1.c1csc(-c2nc(-c3c[nH]c4ccccc34)[nH]c2-c2cccs2)c1. The third-order valence-corrected chi connectivity index (χ3v) is 29.0. The minimum absolute atomic E-state index is 0.672. The Morgan fingerprint density at radius 1 is 0.281 bits per heavy atom. The molecule has 27 rings (SSSR count). The van der Waals surface area contributed by atoms with E-state index in [4.69, 9.17) is 49.6 Å². The molecule has 0 atom stereocenters. The van der Waals surface area contributed by atoms with E-state index in [0.29, 0.717) is 23.0 Å². The van der Waals surface area contributed by atoms with Crippen molar-refractivity contribution in [2.45, 2.75) is 26.7 Å². The molecule has 146 heavy (non-hydrogen) atoms. The van der Waals surface area contributed by atoms with Gasteiger partial charge in [-0.15, -0.1) is 22.7 Å². The van der Waals surface area contributed by atoms with E-state index in [9.17, 15) is 0 Å². The minimum Gasteiger partial charge on any atom is -0.493 e. The fraction of sp³-hybridized carbons (Fsp3) is 0.0650. The molecule has 0 bridgehead atoms. The number of nitrogens with two attached hydrogens (primary N) is 1. The van der Waals surface area contributed by atoms with Gasteiger partial charge in [0.15, 0.2) is 23.0 Å². The van der Waals surface area contributed by atoms with Crippen molar-refractivity contribution in [3.05, 3.63) is 431 Å². The number of aryl methyl sites for hydroxylation is 2. The van der Waals surface area contributed by atoms with Crippen LogP contribution in [0.25, 0.3) is 211 Å². The summed E-state index contributed by atoms with van der Waals surface area (Å²) >= 11 is 7.07. The van der Waals surface area contributed by atoms with Crippen LogP contribution in [-0.4, -0.2) is 103 Å². The molecule has 12 heterocycles. The third-order valence-electron chi connectivity index (χ3n) is 26.8. The smallest absolute Gasteiger partial charge is 0.161 e. The highest BCUT2D eigenvalue weighted by molar-refractivity contribution is 9.10. The molecule has 12 aromatic heterocycles. The Labute approximate surface area is 857 Å². The topological polar surface area (TPSA) is 285 Å². The molecule has 25 aromatic rings. The van der Waals surface area contributed by atoms with Crippen molar-refractivity contribution < 1.29 is 18.9 Å². The first-order valence-electron chi connectivity index (χ1n) is 48.0. The molecular weight excluding hydrogens is 1910 g/mol. The van der Waals surface area contributed by atoms with Gasteiger partial charge in [0.1, 0.15) is 34.8 Å². The zero-order valence-electron chi connectivity index (χ0n) is 80.4. The van der Waals surface area contributed by atoms with Crippen molar-refractivity contribution >= 4 is 110 Å². The normalized spacial score (nSPS) is 11.9. The molecule has 0 saturated carbocycles. The second kappa shape index (κ2) is 40.2. The van der Waals surface area contributed by atoms with Crippen LogP contribution in [0.15, 0.2) is 386 Å². The maximum Gasteiger partial charge on any atom is 0.161 e. The number of methoxy groups -OCH3 is 4. The number of aromatic nitrogens is 15. The second-order valence-corrected chi connectivity index (χ2v) is 38.4. The van der Waals surface area contributed by atoms with Gasteiger partial charge in [0, 0.05) is 167 Å². The highest BCUT2D eigenvalue weighted by Gasteiger charge is 2.30. The molecule has 12 N–H and O–H groups in total. The minimum atomic E-state index is 0.672. The first-order chi connectivity index (χ1) is 71.8. The zero-order valence-corrected chi connectivity index (χ0v) is 83.6. The van der Waals surface area contributed by atoms with Crippen molar-refractivity contribution in [2.75, 3.05) is 34.2 Å². The highest BCUT2D eigenvalue weighted by Crippen LogP contribution is 2.48. The van der Waals surface area contributed by atoms with Crippen molar-refractivity contribution in [1.82, 2.24) is 74.8 Å². The first-order valence-corrected chi connectivity index (χ1v) is 50.6. The Kier molecular flexibility index (Phi) is 25.2. The standard InChI is InChI=1S/C29H20BrN3.C26H23N3O2.C25H21N3O2.C24H20N4.C19H13N3S2/c30-19-11-14-26-24(15-19)25(16-31-26)29-32-27(22-12-9-17-5-1-3-7-20(17)22)28(33-29)23-13-10-18-6-2-4-8-21(18)23;1-16-23(19-11-7-8-12-20(19)27-16)26-28-24(17-9-5-4-6-10-17)25(29-26)18-13-14-21(30-2)22(15-18)31-3;1-29-21-13-12-17(14-22(21)30-2)24-23(16-8-4-3-5-9-16)27-25(28-24)19-15-26-20-11-7-6-10-18(19)20;1-15-21(19-9-5-6-10-20(19)26-15)24-27-22(16-7-3-2-4-8-16)23(28-24)17-11-13-18(25)14-12-17;1-2-6-14-12(5-1)13(11-20-14)19-21-17(15-7-3-9-23-15)18(22-19)16-8-4-10-24-16/h1-8,11-16,31H,9-10H2,(H,32,33);4-15,27H,1-3H3,(H,28,29);3-15,26H,1-2H3,(H,27,28);2-14,26H,25H2,1H3,(H,27,28);1-11,20H,(H,21,22). The number of aromatic amines is 10. The van der Waals surface area contributed by atoms with Crippen LogP contribution in [0.4, 0.5) is 5.69 Å². The number of nitrogen functional groups attached to an aromatic ring is 1. The van der Waals surface area contributed by atoms with E-state index in [1.807, 2.05) is 158 Å². The average Bonchev–Trinajstić information content (AvgIpc) is 1.60. The Bertz CT molecular complexity index is 8990. The summed E-state index contributed by atoms with van der Waals surface area (Å²) in [4.78, 5) is 62.7. The Hall–Kier alpha value is -18.0. The number of benzene rings is 13. The molecular formula is C123H97BrN16O4S2. The number of imidazole rings is 5. The van der Waals surface area contributed by atoms with Crippen LogP contribution in [0.1, 0.15) is 45.0 Å². The highest BCUT2D eigenvalue weighted by atomic mass is 79.9. The maximum atomic E-state index is 5.89. The molecule has 13 aromatic carbocycles. The number of fused-ring (bicyclic) bond motifs is 7. The van der Waals surface area contributed by atoms with Crippen molar-refractivity contribution in [3.8, 4) is 169 Å². The largest absolute Gasteiger partial charge is 0.493 e. The van der Waals surface area contributed by atoms with E-state index in [2.05, 4.69) is 303 Å². The Morgan fingerprint density at radius 3 is 1.16 bits per heavy atom. The number of thiophene rings is 2. The molecule has 0 saturated heterocycles. The molecule has 0 unspecified atom stereocenters. The van der Waals surface area contributed by atoms with E-state index in [1.165, 1.54) is 48.5 Å². The molecule has 0 aliphatic heterocycles. The van der Waals surface area contributed by atoms with E-state index in [-0.39, 0.29) is 0 Å². The number of hydrogen-bond acceptors (Lipinski definition) is 12. The number of allylic oxidation sites excluding steroid dienone is 2. The second-order valence-electron chi connectivity index (χ2n) is 35.5. The van der Waals surface area contributed by atoms with Gasteiger partial charge in [0.25, 0.3) is 0 Å². The summed E-state index contributed by atoms with van der Waals surface area (Å²) in [6.45, 7) is 4.17. The lowest BCUT2D eigenvalue weighted by atomic mass is 9.97. The van der Waals surface area contributed by atoms with Crippen LogP contribution in [-0.2, 0) is 12.8 Å². The summed E-state index contributed by atoms with van der Waals surface area (Å²) in [6.07, 6.45) is 12.6. The lowest BCUT2D eigenvalue weighted by Crippen LogP contribution is -1.94. The lowest BCUT2D eigenvalue weighted by molar-refractivity contribution is 0.355. The molecule has 2 aliphatic carbocycles. The van der Waals surface area contributed by atoms with Gasteiger partial charge in [-0.1, -0.05) is 265 Å². The zero-order chi connectivity index (χ0) is 98.8. The van der Waals surface area contributed by atoms with Gasteiger partial charge in [0.05, 0.1) is 89.4 Å². The van der Waals surface area contributed by atoms with Gasteiger partial charge in [-0.3, -0.25) is 0 Å². The van der Waals surface area contributed by atoms with Crippen LogP contribution in [0.2, 0.25) is 0 Å². The molecule has 0 radical (unpaired) electrons. The molecule has 23 heteroatoms. The van der Waals surface area contributed by atoms with E-state index in [1.54, 1.807) is 51.1 Å². The number of H-pyrrole nitrogens is 10. The van der Waals surface area contributed by atoms with Gasteiger partial charge >= 0.3 is 0 Å². The molecule has 20 nitrogen and oxygen atoms in total. The van der Waals surface area contributed by atoms with Crippen LogP contribution >= 0.6 is 38.6 Å². The summed E-state index contributed by atoms with van der Waals surface area (Å²) < 4.78 is 22.9. The summed E-state index contributed by atoms with van der Waals surface area (Å²) in [5, 5.41) is 9.96. The number of anilines is 1. The molecule has 0 spiro atoms.